The van der Waals surface area contributed by atoms with Crippen molar-refractivity contribution in [1.29, 1.82) is 0 Å². The molecule has 2 aliphatic rings. The molecule has 2 fully saturated rings. The van der Waals surface area contributed by atoms with E-state index in [1.54, 1.807) is 41.3 Å². The van der Waals surface area contributed by atoms with Gasteiger partial charge >= 0.3 is 0 Å². The Labute approximate surface area is 288 Å². The number of aromatic hydroxyl groups is 1. The van der Waals surface area contributed by atoms with E-state index in [0.717, 1.165) is 0 Å². The third-order valence-corrected chi connectivity index (χ3v) is 11.3. The first-order chi connectivity index (χ1) is 23.9. The third-order valence-electron chi connectivity index (χ3n) is 9.52. The highest BCUT2D eigenvalue weighted by Crippen LogP contribution is 2.49. The number of ether oxygens (including phenoxy) is 1. The van der Waals surface area contributed by atoms with E-state index >= 15 is 0 Å². The Morgan fingerprint density at radius 2 is 1.46 bits per heavy atom. The van der Waals surface area contributed by atoms with Gasteiger partial charge < -0.3 is 40.3 Å². The van der Waals surface area contributed by atoms with Crippen LogP contribution < -0.4 is 4.90 Å². The lowest BCUT2D eigenvalue weighted by Gasteiger charge is -2.48. The molecule has 1 amide bonds. The number of rotatable bonds is 11. The first-order valence-corrected chi connectivity index (χ1v) is 17.8. The van der Waals surface area contributed by atoms with E-state index in [-0.39, 0.29) is 23.0 Å². The molecule has 264 valence electrons. The molecule has 0 spiro atoms. The second-order valence-electron chi connectivity index (χ2n) is 12.7. The molecule has 0 saturated carbocycles. The molecule has 8 atom stereocenters. The van der Waals surface area contributed by atoms with E-state index in [0.29, 0.717) is 34.4 Å². The third kappa shape index (κ3) is 7.03. The van der Waals surface area contributed by atoms with Gasteiger partial charge in [-0.05, 0) is 72.0 Å². The number of phenols is 1. The van der Waals surface area contributed by atoms with Gasteiger partial charge in [-0.25, -0.2) is 12.8 Å². The smallest absolute Gasteiger partial charge is 0.233 e. The fraction of sp³-hybridized carbons (Fsp3) is 0.324. The summed E-state index contributed by atoms with van der Waals surface area (Å²) in [6, 6.07) is 24.9. The second kappa shape index (κ2) is 14.6. The van der Waals surface area contributed by atoms with Crippen LogP contribution in [0.25, 0.3) is 11.1 Å². The molecular weight excluding hydrogens is 669 g/mol. The van der Waals surface area contributed by atoms with Gasteiger partial charge in [0.1, 0.15) is 42.1 Å². The normalized spacial score (nSPS) is 26.0. The standard InChI is InChI=1S/C37H38FNO10S/c38-24-11-6-22(7-12-24)29(41)17-16-28-33(39(37(28)46)25-4-2-1-3-5-25)27-15-10-23(18-30(27)42)21-8-13-26(14-9-21)50(47,48)20-32-35(44)36(45)34(43)31(19-40)49-32/h1-15,18,28-29,31-36,40-45H,16-17,19-20H2/t28-,29+,31-,32?,33-,34-,35+,36+/m1/s1. The summed E-state index contributed by atoms with van der Waals surface area (Å²) in [7, 11) is -4.04. The van der Waals surface area contributed by atoms with Crippen LogP contribution in [0, 0.1) is 11.7 Å². The summed E-state index contributed by atoms with van der Waals surface area (Å²) < 4.78 is 45.1. The molecule has 0 aromatic heterocycles. The Bertz CT molecular complexity index is 1910. The summed E-state index contributed by atoms with van der Waals surface area (Å²) in [5, 5.41) is 61.8. The molecule has 50 heavy (non-hydrogen) atoms. The van der Waals surface area contributed by atoms with Crippen molar-refractivity contribution in [3.63, 3.8) is 0 Å². The van der Waals surface area contributed by atoms with Crippen molar-refractivity contribution in [2.24, 2.45) is 5.92 Å². The minimum atomic E-state index is -4.04. The number of amides is 1. The summed E-state index contributed by atoms with van der Waals surface area (Å²) >= 11 is 0. The maximum absolute atomic E-state index is 13.5. The van der Waals surface area contributed by atoms with Gasteiger partial charge in [-0.1, -0.05) is 54.6 Å². The lowest BCUT2D eigenvalue weighted by Crippen LogP contribution is -2.60. The number of carbonyl (C=O) groups is 1. The quantitative estimate of drug-likeness (QED) is 0.127. The number of halogens is 1. The number of phenolic OH excluding ortho intramolecular Hbond substituents is 1. The van der Waals surface area contributed by atoms with Crippen LogP contribution in [-0.2, 0) is 19.4 Å². The highest BCUT2D eigenvalue weighted by molar-refractivity contribution is 7.91. The van der Waals surface area contributed by atoms with Gasteiger partial charge in [0.05, 0.1) is 35.3 Å². The predicted molar refractivity (Wildman–Crippen MR) is 180 cm³/mol. The number of nitrogens with zero attached hydrogens (tertiary/aromatic N) is 1. The summed E-state index contributed by atoms with van der Waals surface area (Å²) in [6.07, 6.45) is -7.95. The zero-order valence-electron chi connectivity index (χ0n) is 26.7. The van der Waals surface area contributed by atoms with Gasteiger partial charge in [0.15, 0.2) is 9.84 Å². The molecule has 1 unspecified atom stereocenters. The molecule has 2 aliphatic heterocycles. The molecule has 2 saturated heterocycles. The topological polar surface area (TPSA) is 185 Å². The van der Waals surface area contributed by atoms with E-state index in [2.05, 4.69) is 0 Å². The second-order valence-corrected chi connectivity index (χ2v) is 14.7. The Hall–Kier alpha value is -4.21. The zero-order chi connectivity index (χ0) is 35.7. The summed E-state index contributed by atoms with van der Waals surface area (Å²) in [4.78, 5) is 15.0. The van der Waals surface area contributed by atoms with Crippen molar-refractivity contribution in [2.45, 2.75) is 60.4 Å². The Kier molecular flexibility index (Phi) is 10.4. The number of hydrogen-bond donors (Lipinski definition) is 6. The Morgan fingerprint density at radius 1 is 0.820 bits per heavy atom. The van der Waals surface area contributed by atoms with Crippen molar-refractivity contribution >= 4 is 21.4 Å². The maximum atomic E-state index is 13.5. The van der Waals surface area contributed by atoms with E-state index in [4.69, 9.17) is 4.74 Å². The maximum Gasteiger partial charge on any atom is 0.233 e. The highest BCUT2D eigenvalue weighted by Gasteiger charge is 2.49. The van der Waals surface area contributed by atoms with Gasteiger partial charge in [0, 0.05) is 11.3 Å². The molecule has 0 bridgehead atoms. The molecule has 4 aromatic carbocycles. The van der Waals surface area contributed by atoms with Gasteiger partial charge in [0.2, 0.25) is 5.91 Å². The van der Waals surface area contributed by atoms with E-state index < -0.39 is 76.6 Å². The molecular formula is C37H38FNO10S. The van der Waals surface area contributed by atoms with Crippen molar-refractivity contribution in [3.05, 3.63) is 114 Å². The van der Waals surface area contributed by atoms with Crippen LogP contribution in [0.4, 0.5) is 10.1 Å². The highest BCUT2D eigenvalue weighted by atomic mass is 32.2. The summed E-state index contributed by atoms with van der Waals surface area (Å²) in [5.41, 5.74) is 2.85. The molecule has 6 rings (SSSR count). The number of anilines is 1. The van der Waals surface area contributed by atoms with Crippen molar-refractivity contribution in [2.75, 3.05) is 17.3 Å². The van der Waals surface area contributed by atoms with Gasteiger partial charge in [0.25, 0.3) is 0 Å². The lowest BCUT2D eigenvalue weighted by molar-refractivity contribution is -0.223. The fourth-order valence-corrected chi connectivity index (χ4v) is 8.16. The van der Waals surface area contributed by atoms with Crippen LogP contribution in [0.1, 0.15) is 36.1 Å². The zero-order valence-corrected chi connectivity index (χ0v) is 27.6. The van der Waals surface area contributed by atoms with E-state index in [1.807, 2.05) is 18.2 Å². The van der Waals surface area contributed by atoms with E-state index in [9.17, 15) is 48.2 Å². The molecule has 4 aromatic rings. The lowest BCUT2D eigenvalue weighted by atomic mass is 9.77. The predicted octanol–water partition coefficient (Wildman–Crippen LogP) is 3.03. The van der Waals surface area contributed by atoms with Crippen LogP contribution in [0.15, 0.2) is 102 Å². The van der Waals surface area contributed by atoms with Gasteiger partial charge in [-0.2, -0.15) is 0 Å². The number of hydrogen-bond acceptors (Lipinski definition) is 10. The molecule has 6 N–H and O–H groups in total. The summed E-state index contributed by atoms with van der Waals surface area (Å²) in [6.45, 7) is -0.676. The van der Waals surface area contributed by atoms with Gasteiger partial charge in [-0.3, -0.25) is 4.79 Å². The minimum Gasteiger partial charge on any atom is -0.508 e. The number of sulfone groups is 1. The average Bonchev–Trinajstić information content (AvgIpc) is 3.11. The number of benzene rings is 4. The number of para-hydroxylation sites is 1. The van der Waals surface area contributed by atoms with Gasteiger partial charge in [-0.15, -0.1) is 0 Å². The van der Waals surface area contributed by atoms with Crippen molar-refractivity contribution in [1.82, 2.24) is 0 Å². The van der Waals surface area contributed by atoms with Crippen LogP contribution in [0.5, 0.6) is 5.75 Å². The van der Waals surface area contributed by atoms with Crippen LogP contribution in [0.2, 0.25) is 0 Å². The minimum absolute atomic E-state index is 0.0793. The largest absolute Gasteiger partial charge is 0.508 e. The number of β-lactam (4-membered cyclic amide) rings is 1. The van der Waals surface area contributed by atoms with E-state index in [1.165, 1.54) is 42.5 Å². The number of aliphatic hydroxyl groups excluding tert-OH is 5. The first-order valence-electron chi connectivity index (χ1n) is 16.2. The average molecular weight is 708 g/mol. The van der Waals surface area contributed by atoms with Crippen LogP contribution in [0.3, 0.4) is 0 Å². The summed E-state index contributed by atoms with van der Waals surface area (Å²) in [5.74, 6) is -1.90. The monoisotopic (exact) mass is 707 g/mol. The first kappa shape index (κ1) is 35.6. The Balaban J connectivity index is 1.20. The van der Waals surface area contributed by atoms with Crippen LogP contribution in [-0.4, -0.2) is 87.8 Å². The SMILES string of the molecule is O=C1[C@H](CC[C@H](O)c2ccc(F)cc2)[C@@H](c2ccc(-c3ccc(S(=O)(=O)CC4O[C@H](CO)[C@@H](O)[C@H](O)[C@H]4O)cc3)cc2O)N1c1ccccc1. The Morgan fingerprint density at radius 3 is 2.10 bits per heavy atom. The molecule has 11 nitrogen and oxygen atoms in total. The van der Waals surface area contributed by atoms with Crippen LogP contribution >= 0.6 is 0 Å². The number of aliphatic hydroxyl groups is 5. The molecule has 0 aliphatic carbocycles. The fourth-order valence-electron chi connectivity index (χ4n) is 6.71. The molecule has 13 heteroatoms. The molecule has 2 heterocycles. The van der Waals surface area contributed by atoms with Crippen molar-refractivity contribution in [3.8, 4) is 16.9 Å². The molecule has 0 radical (unpaired) electrons. The van der Waals surface area contributed by atoms with Crippen molar-refractivity contribution < 1.29 is 53.0 Å². The number of carbonyl (C=O) groups excluding carboxylic acids is 1.